The zero-order chi connectivity index (χ0) is 15.7. The summed E-state index contributed by atoms with van der Waals surface area (Å²) >= 11 is 5.91. The fourth-order valence-corrected chi connectivity index (χ4v) is 3.03. The van der Waals surface area contributed by atoms with Crippen LogP contribution in [0.5, 0.6) is 0 Å². The molecule has 1 fully saturated rings. The van der Waals surface area contributed by atoms with E-state index in [9.17, 15) is 15.0 Å². The number of rotatable bonds is 2. The fourth-order valence-electron chi connectivity index (χ4n) is 2.85. The molecule has 2 aromatic rings. The second-order valence-corrected chi connectivity index (χ2v) is 6.15. The number of hydrogen-bond donors (Lipinski definition) is 3. The Labute approximate surface area is 132 Å². The third-order valence-electron chi connectivity index (χ3n) is 4.09. The Morgan fingerprint density at radius 2 is 2.00 bits per heavy atom. The van der Waals surface area contributed by atoms with Crippen molar-refractivity contribution in [2.75, 3.05) is 0 Å². The van der Waals surface area contributed by atoms with Crippen molar-refractivity contribution in [1.29, 1.82) is 0 Å². The molecule has 0 unspecified atom stereocenters. The van der Waals surface area contributed by atoms with Crippen LogP contribution in [0.3, 0.4) is 0 Å². The molecule has 22 heavy (non-hydrogen) atoms. The molecule has 118 valence electrons. The Hall–Kier alpha value is -1.56. The molecule has 0 saturated heterocycles. The Morgan fingerprint density at radius 3 is 2.82 bits per heavy atom. The lowest BCUT2D eigenvalue weighted by Crippen LogP contribution is -2.47. The summed E-state index contributed by atoms with van der Waals surface area (Å²) in [6.45, 7) is 0. The minimum Gasteiger partial charge on any atom is -0.451 e. The van der Waals surface area contributed by atoms with Gasteiger partial charge in [0, 0.05) is 10.4 Å². The van der Waals surface area contributed by atoms with Gasteiger partial charge in [0.25, 0.3) is 5.91 Å². The minimum atomic E-state index is -0.953. The van der Waals surface area contributed by atoms with E-state index in [0.717, 1.165) is 18.2 Å². The summed E-state index contributed by atoms with van der Waals surface area (Å²) in [5.74, 6) is -0.228. The first-order valence-corrected chi connectivity index (χ1v) is 7.78. The van der Waals surface area contributed by atoms with Gasteiger partial charge in [0.15, 0.2) is 5.76 Å². The lowest BCUT2D eigenvalue weighted by molar-refractivity contribution is -0.00145. The predicted molar refractivity (Wildman–Crippen MR) is 83.0 cm³/mol. The van der Waals surface area contributed by atoms with Crippen molar-refractivity contribution in [2.45, 2.75) is 43.9 Å². The molecule has 1 aliphatic carbocycles. The summed E-state index contributed by atoms with van der Waals surface area (Å²) < 4.78 is 5.50. The van der Waals surface area contributed by atoms with Crippen LogP contribution in [-0.4, -0.2) is 34.4 Å². The van der Waals surface area contributed by atoms with Gasteiger partial charge in [-0.1, -0.05) is 24.4 Å². The second kappa shape index (κ2) is 6.28. The summed E-state index contributed by atoms with van der Waals surface area (Å²) in [6, 6.07) is 6.28. The molecule has 0 spiro atoms. The largest absolute Gasteiger partial charge is 0.451 e. The van der Waals surface area contributed by atoms with E-state index in [4.69, 9.17) is 16.0 Å². The summed E-state index contributed by atoms with van der Waals surface area (Å²) in [5, 5.41) is 24.0. The van der Waals surface area contributed by atoms with Crippen LogP contribution >= 0.6 is 11.6 Å². The number of amides is 1. The van der Waals surface area contributed by atoms with Crippen LogP contribution in [0.4, 0.5) is 0 Å². The predicted octanol–water partition coefficient (Wildman–Crippen LogP) is 2.48. The molecule has 3 rings (SSSR count). The van der Waals surface area contributed by atoms with Gasteiger partial charge in [-0.05, 0) is 37.1 Å². The standard InChI is InChI=1S/C16H18ClNO4/c17-10-5-6-13-9(7-10)8-14(22-13)16(21)18-11-3-1-2-4-12(19)15(11)20/h5-8,11-12,15,19-20H,1-4H2,(H,18,21)/t11-,12-,15-/m1/s1. The second-order valence-electron chi connectivity index (χ2n) is 5.72. The van der Waals surface area contributed by atoms with Crippen molar-refractivity contribution >= 4 is 28.5 Å². The minimum absolute atomic E-state index is 0.170. The molecular weight excluding hydrogens is 306 g/mol. The molecule has 3 N–H and O–H groups in total. The zero-order valence-corrected chi connectivity index (χ0v) is 12.7. The monoisotopic (exact) mass is 323 g/mol. The topological polar surface area (TPSA) is 82.7 Å². The molecule has 1 aromatic carbocycles. The van der Waals surface area contributed by atoms with Crippen LogP contribution in [0, 0.1) is 0 Å². The van der Waals surface area contributed by atoms with Gasteiger partial charge in [-0.2, -0.15) is 0 Å². The maximum Gasteiger partial charge on any atom is 0.287 e. The number of hydrogen-bond acceptors (Lipinski definition) is 4. The lowest BCUT2D eigenvalue weighted by Gasteiger charge is -2.24. The highest BCUT2D eigenvalue weighted by Crippen LogP contribution is 2.24. The first-order chi connectivity index (χ1) is 10.5. The molecule has 1 amide bonds. The highest BCUT2D eigenvalue weighted by molar-refractivity contribution is 6.31. The van der Waals surface area contributed by atoms with Crippen LogP contribution in [0.25, 0.3) is 11.0 Å². The third kappa shape index (κ3) is 3.11. The summed E-state index contributed by atoms with van der Waals surface area (Å²) in [5.41, 5.74) is 0.580. The van der Waals surface area contributed by atoms with Crippen LogP contribution < -0.4 is 5.32 Å². The summed E-state index contributed by atoms with van der Waals surface area (Å²) in [4.78, 5) is 12.3. The van der Waals surface area contributed by atoms with Crippen LogP contribution in [0.15, 0.2) is 28.7 Å². The van der Waals surface area contributed by atoms with E-state index < -0.39 is 24.2 Å². The van der Waals surface area contributed by atoms with Crippen molar-refractivity contribution < 1.29 is 19.4 Å². The smallest absolute Gasteiger partial charge is 0.287 e. The molecule has 1 heterocycles. The van der Waals surface area contributed by atoms with Crippen LogP contribution in [0.2, 0.25) is 5.02 Å². The molecule has 3 atom stereocenters. The first-order valence-electron chi connectivity index (χ1n) is 7.40. The van der Waals surface area contributed by atoms with Gasteiger partial charge >= 0.3 is 0 Å². The highest BCUT2D eigenvalue weighted by atomic mass is 35.5. The number of fused-ring (bicyclic) bond motifs is 1. The van der Waals surface area contributed by atoms with Crippen LogP contribution in [-0.2, 0) is 0 Å². The third-order valence-corrected chi connectivity index (χ3v) is 4.33. The Balaban J connectivity index is 1.77. The molecular formula is C16H18ClNO4. The van der Waals surface area contributed by atoms with Gasteiger partial charge in [0.2, 0.25) is 0 Å². The Kier molecular flexibility index (Phi) is 4.38. The maximum absolute atomic E-state index is 12.3. The number of aliphatic hydroxyl groups excluding tert-OH is 2. The lowest BCUT2D eigenvalue weighted by atomic mass is 10.0. The fraction of sp³-hybridized carbons (Fsp3) is 0.438. The highest BCUT2D eigenvalue weighted by Gasteiger charge is 2.30. The molecule has 5 nitrogen and oxygen atoms in total. The SMILES string of the molecule is O=C(N[C@@H]1CCCC[C@@H](O)[C@@H]1O)c1cc2cc(Cl)ccc2o1. The molecule has 1 aliphatic rings. The summed E-state index contributed by atoms with van der Waals surface area (Å²) in [7, 11) is 0. The van der Waals surface area contributed by atoms with E-state index in [1.54, 1.807) is 24.3 Å². The van der Waals surface area contributed by atoms with Gasteiger partial charge in [-0.25, -0.2) is 0 Å². The first kappa shape index (κ1) is 15.3. The molecule has 0 radical (unpaired) electrons. The quantitative estimate of drug-likeness (QED) is 0.741. The molecule has 1 saturated carbocycles. The zero-order valence-electron chi connectivity index (χ0n) is 12.0. The number of carbonyl (C=O) groups excluding carboxylic acids is 1. The number of halogens is 1. The van der Waals surface area contributed by atoms with E-state index in [1.807, 2.05) is 0 Å². The van der Waals surface area contributed by atoms with Crippen molar-refractivity contribution in [1.82, 2.24) is 5.32 Å². The molecule has 1 aromatic heterocycles. The van der Waals surface area contributed by atoms with Crippen molar-refractivity contribution in [3.63, 3.8) is 0 Å². The Bertz CT molecular complexity index is 684. The number of furan rings is 1. The van der Waals surface area contributed by atoms with Gasteiger partial charge in [0.05, 0.1) is 12.1 Å². The number of nitrogens with one attached hydrogen (secondary N) is 1. The summed E-state index contributed by atoms with van der Waals surface area (Å²) in [6.07, 6.45) is 1.13. The molecule has 0 aliphatic heterocycles. The van der Waals surface area contributed by atoms with E-state index in [0.29, 0.717) is 23.4 Å². The van der Waals surface area contributed by atoms with E-state index in [-0.39, 0.29) is 5.76 Å². The van der Waals surface area contributed by atoms with Gasteiger partial charge < -0.3 is 19.9 Å². The van der Waals surface area contributed by atoms with Crippen molar-refractivity contribution in [2.24, 2.45) is 0 Å². The van der Waals surface area contributed by atoms with Gasteiger partial charge in [0.1, 0.15) is 11.7 Å². The van der Waals surface area contributed by atoms with E-state index in [2.05, 4.69) is 5.32 Å². The van der Waals surface area contributed by atoms with E-state index >= 15 is 0 Å². The van der Waals surface area contributed by atoms with Crippen molar-refractivity contribution in [3.05, 3.63) is 35.0 Å². The number of benzene rings is 1. The van der Waals surface area contributed by atoms with E-state index in [1.165, 1.54) is 0 Å². The average molecular weight is 324 g/mol. The Morgan fingerprint density at radius 1 is 1.23 bits per heavy atom. The van der Waals surface area contributed by atoms with Crippen LogP contribution in [0.1, 0.15) is 36.2 Å². The van der Waals surface area contributed by atoms with Gasteiger partial charge in [-0.3, -0.25) is 4.79 Å². The normalized spacial score (nSPS) is 25.9. The number of carbonyl (C=O) groups is 1. The molecule has 6 heteroatoms. The number of aliphatic hydroxyl groups is 2. The molecule has 0 bridgehead atoms. The van der Waals surface area contributed by atoms with Crippen molar-refractivity contribution in [3.8, 4) is 0 Å². The van der Waals surface area contributed by atoms with Gasteiger partial charge in [-0.15, -0.1) is 0 Å². The average Bonchev–Trinajstić information content (AvgIpc) is 2.85. The maximum atomic E-state index is 12.3.